The maximum atomic E-state index is 8.94. The molecule has 2 aliphatic rings. The highest BCUT2D eigenvalue weighted by Crippen LogP contribution is 2.23. The van der Waals surface area contributed by atoms with Gasteiger partial charge in [0.1, 0.15) is 0 Å². The highest BCUT2D eigenvalue weighted by atomic mass is 16.5. The van der Waals surface area contributed by atoms with Crippen LogP contribution in [0.2, 0.25) is 0 Å². The van der Waals surface area contributed by atoms with Crippen molar-refractivity contribution in [1.29, 1.82) is 0 Å². The van der Waals surface area contributed by atoms with Crippen molar-refractivity contribution in [2.45, 2.75) is 51.7 Å². The van der Waals surface area contributed by atoms with Gasteiger partial charge in [-0.3, -0.25) is 4.90 Å². The molecular weight excluding hydrogens is 216 g/mol. The molecule has 0 aromatic carbocycles. The van der Waals surface area contributed by atoms with Crippen LogP contribution in [-0.2, 0) is 4.74 Å². The molecule has 0 aromatic heterocycles. The van der Waals surface area contributed by atoms with E-state index in [9.17, 15) is 0 Å². The van der Waals surface area contributed by atoms with E-state index in [1.807, 2.05) is 0 Å². The van der Waals surface area contributed by atoms with Crippen molar-refractivity contribution in [2.75, 3.05) is 19.6 Å². The molecule has 0 radical (unpaired) electrons. The van der Waals surface area contributed by atoms with Crippen LogP contribution in [0, 0.1) is 5.92 Å². The second-order valence-corrected chi connectivity index (χ2v) is 5.35. The van der Waals surface area contributed by atoms with Crippen LogP contribution in [0.5, 0.6) is 0 Å². The third kappa shape index (κ3) is 3.19. The maximum Gasteiger partial charge on any atom is 0.0706 e. The summed E-state index contributed by atoms with van der Waals surface area (Å²) in [5, 5.41) is 12.4. The molecule has 2 saturated heterocycles. The van der Waals surface area contributed by atoms with Gasteiger partial charge in [-0.05, 0) is 26.2 Å². The van der Waals surface area contributed by atoms with E-state index in [2.05, 4.69) is 23.9 Å². The molecule has 0 saturated carbocycles. The number of ether oxygens (including phenoxy) is 1. The quantitative estimate of drug-likeness (QED) is 0.607. The Morgan fingerprint density at radius 2 is 2.29 bits per heavy atom. The fraction of sp³-hybridized carbons (Fsp3) is 0.923. The monoisotopic (exact) mass is 240 g/mol. The van der Waals surface area contributed by atoms with Gasteiger partial charge in [0.15, 0.2) is 0 Å². The smallest absolute Gasteiger partial charge is 0.0706 e. The summed E-state index contributed by atoms with van der Waals surface area (Å²) >= 11 is 0. The SMILES string of the molecule is CCC1CN(CC2CCC(C)O2)CCC1=NO. The number of nitrogens with zero attached hydrogens (tertiary/aromatic N) is 2. The molecule has 0 bridgehead atoms. The summed E-state index contributed by atoms with van der Waals surface area (Å²) in [4.78, 5) is 2.46. The average Bonchev–Trinajstić information content (AvgIpc) is 2.74. The standard InChI is InChI=1S/C13H24N2O2/c1-3-11-8-15(7-6-13(11)14-16)9-12-5-4-10(2)17-12/h10-12,16H,3-9H2,1-2H3. The Bertz CT molecular complexity index is 281. The van der Waals surface area contributed by atoms with Gasteiger partial charge in [0.2, 0.25) is 0 Å². The van der Waals surface area contributed by atoms with Gasteiger partial charge in [-0.1, -0.05) is 12.1 Å². The first kappa shape index (κ1) is 12.8. The van der Waals surface area contributed by atoms with E-state index in [4.69, 9.17) is 9.94 Å². The fourth-order valence-corrected chi connectivity index (χ4v) is 2.95. The van der Waals surface area contributed by atoms with Crippen molar-refractivity contribution in [3.63, 3.8) is 0 Å². The van der Waals surface area contributed by atoms with Crippen molar-refractivity contribution < 1.29 is 9.94 Å². The number of rotatable bonds is 3. The largest absolute Gasteiger partial charge is 0.411 e. The minimum Gasteiger partial charge on any atom is -0.411 e. The van der Waals surface area contributed by atoms with Crippen LogP contribution >= 0.6 is 0 Å². The molecule has 3 unspecified atom stereocenters. The van der Waals surface area contributed by atoms with Crippen LogP contribution in [0.1, 0.15) is 39.5 Å². The van der Waals surface area contributed by atoms with Crippen molar-refractivity contribution >= 4 is 5.71 Å². The first-order valence-corrected chi connectivity index (χ1v) is 6.81. The first-order valence-electron chi connectivity index (χ1n) is 6.81. The van der Waals surface area contributed by atoms with E-state index < -0.39 is 0 Å². The van der Waals surface area contributed by atoms with E-state index in [1.54, 1.807) is 0 Å². The van der Waals surface area contributed by atoms with Crippen molar-refractivity contribution in [3.8, 4) is 0 Å². The van der Waals surface area contributed by atoms with Gasteiger partial charge in [-0.15, -0.1) is 0 Å². The molecule has 2 rings (SSSR count). The lowest BCUT2D eigenvalue weighted by Gasteiger charge is -2.34. The van der Waals surface area contributed by atoms with Crippen LogP contribution in [0.3, 0.4) is 0 Å². The van der Waals surface area contributed by atoms with Gasteiger partial charge in [0.05, 0.1) is 17.9 Å². The Hall–Kier alpha value is -0.610. The zero-order valence-corrected chi connectivity index (χ0v) is 10.9. The molecule has 98 valence electrons. The van der Waals surface area contributed by atoms with Crippen molar-refractivity contribution in [3.05, 3.63) is 0 Å². The summed E-state index contributed by atoms with van der Waals surface area (Å²) in [6.07, 6.45) is 5.18. The minimum atomic E-state index is 0.412. The topological polar surface area (TPSA) is 45.1 Å². The highest BCUT2D eigenvalue weighted by Gasteiger charge is 2.29. The van der Waals surface area contributed by atoms with E-state index in [-0.39, 0.29) is 0 Å². The van der Waals surface area contributed by atoms with Crippen molar-refractivity contribution in [1.82, 2.24) is 4.90 Å². The Kier molecular flexibility index (Phi) is 4.40. The van der Waals surface area contributed by atoms with E-state index in [1.165, 1.54) is 12.8 Å². The third-order valence-electron chi connectivity index (χ3n) is 4.04. The van der Waals surface area contributed by atoms with Gasteiger partial charge < -0.3 is 9.94 Å². The molecular formula is C13H24N2O2. The van der Waals surface area contributed by atoms with Crippen molar-refractivity contribution in [2.24, 2.45) is 11.1 Å². The Labute approximate surface area is 104 Å². The fourth-order valence-electron chi connectivity index (χ4n) is 2.95. The lowest BCUT2D eigenvalue weighted by Crippen LogP contribution is -2.44. The Morgan fingerprint density at radius 1 is 1.47 bits per heavy atom. The molecule has 0 aromatic rings. The lowest BCUT2D eigenvalue weighted by atomic mass is 9.93. The van der Waals surface area contributed by atoms with Gasteiger partial charge >= 0.3 is 0 Å². The number of oxime groups is 1. The van der Waals surface area contributed by atoms with Gasteiger partial charge in [0, 0.05) is 32.0 Å². The second-order valence-electron chi connectivity index (χ2n) is 5.35. The number of likely N-dealkylation sites (tertiary alicyclic amines) is 1. The van der Waals surface area contributed by atoms with Gasteiger partial charge in [-0.2, -0.15) is 0 Å². The molecule has 3 atom stereocenters. The predicted octanol–water partition coefficient (Wildman–Crippen LogP) is 2.12. The van der Waals surface area contributed by atoms with Crippen LogP contribution in [-0.4, -0.2) is 47.7 Å². The Morgan fingerprint density at radius 3 is 2.88 bits per heavy atom. The van der Waals surface area contributed by atoms with E-state index in [0.29, 0.717) is 18.1 Å². The molecule has 0 spiro atoms. The summed E-state index contributed by atoms with van der Waals surface area (Å²) in [6.45, 7) is 7.38. The molecule has 1 N–H and O–H groups in total. The molecule has 2 fully saturated rings. The average molecular weight is 240 g/mol. The molecule has 4 heteroatoms. The Balaban J connectivity index is 1.83. The summed E-state index contributed by atoms with van der Waals surface area (Å²) in [7, 11) is 0. The highest BCUT2D eigenvalue weighted by molar-refractivity contribution is 5.87. The van der Waals surface area contributed by atoms with Crippen LogP contribution in [0.15, 0.2) is 5.16 Å². The van der Waals surface area contributed by atoms with Crippen LogP contribution < -0.4 is 0 Å². The number of hydrogen-bond acceptors (Lipinski definition) is 4. The summed E-state index contributed by atoms with van der Waals surface area (Å²) < 4.78 is 5.86. The summed E-state index contributed by atoms with van der Waals surface area (Å²) in [5.74, 6) is 0.424. The second kappa shape index (κ2) is 5.83. The van der Waals surface area contributed by atoms with Crippen LogP contribution in [0.25, 0.3) is 0 Å². The first-order chi connectivity index (χ1) is 8.22. The molecule has 2 heterocycles. The van der Waals surface area contributed by atoms with Gasteiger partial charge in [0.25, 0.3) is 0 Å². The van der Waals surface area contributed by atoms with E-state index in [0.717, 1.165) is 38.2 Å². The predicted molar refractivity (Wildman–Crippen MR) is 67.6 cm³/mol. The van der Waals surface area contributed by atoms with Gasteiger partial charge in [-0.25, -0.2) is 0 Å². The third-order valence-corrected chi connectivity index (χ3v) is 4.04. The normalized spacial score (nSPS) is 37.8. The summed E-state index contributed by atoms with van der Waals surface area (Å²) in [6, 6.07) is 0. The molecule has 4 nitrogen and oxygen atoms in total. The molecule has 0 aliphatic carbocycles. The maximum absolute atomic E-state index is 8.94. The molecule has 17 heavy (non-hydrogen) atoms. The number of hydrogen-bond donors (Lipinski definition) is 1. The minimum absolute atomic E-state index is 0.412. The zero-order valence-electron chi connectivity index (χ0n) is 10.9. The number of piperidine rings is 1. The zero-order chi connectivity index (χ0) is 12.3. The molecule has 0 amide bonds. The van der Waals surface area contributed by atoms with E-state index >= 15 is 0 Å². The lowest BCUT2D eigenvalue weighted by molar-refractivity contribution is 0.0282. The van der Waals surface area contributed by atoms with Crippen LogP contribution in [0.4, 0.5) is 0 Å². The summed E-state index contributed by atoms with van der Waals surface area (Å²) in [5.41, 5.74) is 0.976. The molecule has 2 aliphatic heterocycles.